The van der Waals surface area contributed by atoms with Gasteiger partial charge in [-0.2, -0.15) is 0 Å². The predicted molar refractivity (Wildman–Crippen MR) is 67.4 cm³/mol. The molecule has 1 aromatic carbocycles. The highest BCUT2D eigenvalue weighted by Crippen LogP contribution is 2.28. The van der Waals surface area contributed by atoms with Crippen LogP contribution in [0.15, 0.2) is 18.2 Å². The minimum absolute atomic E-state index is 0.236. The van der Waals surface area contributed by atoms with Crippen LogP contribution in [0.4, 0.5) is 5.69 Å². The number of aliphatic hydroxyl groups excluding tert-OH is 1. The Bertz CT molecular complexity index is 407. The number of carbonyl (C=O) groups excluding carboxylic acids is 1. The van der Waals surface area contributed by atoms with Gasteiger partial charge in [-0.1, -0.05) is 17.7 Å². The number of rotatable bonds is 4. The molecule has 1 N–H and O–H groups in total. The standard InChI is InChI=1S/C12H16ClNO3/c1-4-17-12(16)11(15)8-5-6-10(14(2)3)9(13)7-8/h5-7,11,15H,4H2,1-3H3/t11-/m0/s1. The molecule has 0 fully saturated rings. The van der Waals surface area contributed by atoms with Crippen LogP contribution in [0.5, 0.6) is 0 Å². The summed E-state index contributed by atoms with van der Waals surface area (Å²) in [6, 6.07) is 4.97. The van der Waals surface area contributed by atoms with Crippen molar-refractivity contribution in [3.63, 3.8) is 0 Å². The Kier molecular flexibility index (Phi) is 4.78. The zero-order valence-electron chi connectivity index (χ0n) is 10.1. The smallest absolute Gasteiger partial charge is 0.339 e. The molecule has 0 aliphatic carbocycles. The van der Waals surface area contributed by atoms with Gasteiger partial charge >= 0.3 is 5.97 Å². The number of carbonyl (C=O) groups is 1. The molecule has 0 amide bonds. The van der Waals surface area contributed by atoms with Gasteiger partial charge in [-0.15, -0.1) is 0 Å². The molecule has 4 nitrogen and oxygen atoms in total. The number of anilines is 1. The number of nitrogens with zero attached hydrogens (tertiary/aromatic N) is 1. The monoisotopic (exact) mass is 257 g/mol. The van der Waals surface area contributed by atoms with Crippen LogP contribution in [-0.2, 0) is 9.53 Å². The molecule has 0 unspecified atom stereocenters. The molecule has 0 aliphatic rings. The number of esters is 1. The Balaban J connectivity index is 2.93. The topological polar surface area (TPSA) is 49.8 Å². The molecular weight excluding hydrogens is 242 g/mol. The molecule has 0 saturated heterocycles. The quantitative estimate of drug-likeness (QED) is 0.839. The molecule has 1 rings (SSSR count). The fourth-order valence-corrected chi connectivity index (χ4v) is 1.77. The normalized spacial score (nSPS) is 12.1. The van der Waals surface area contributed by atoms with Gasteiger partial charge in [-0.25, -0.2) is 4.79 Å². The summed E-state index contributed by atoms with van der Waals surface area (Å²) in [4.78, 5) is 13.2. The SMILES string of the molecule is CCOC(=O)[C@@H](O)c1ccc(N(C)C)c(Cl)c1. The van der Waals surface area contributed by atoms with Crippen molar-refractivity contribution >= 4 is 23.3 Å². The first kappa shape index (κ1) is 13.8. The molecule has 94 valence electrons. The molecule has 0 radical (unpaired) electrons. The van der Waals surface area contributed by atoms with E-state index in [4.69, 9.17) is 16.3 Å². The summed E-state index contributed by atoms with van der Waals surface area (Å²) >= 11 is 6.05. The zero-order chi connectivity index (χ0) is 13.0. The van der Waals surface area contributed by atoms with Gasteiger partial charge < -0.3 is 14.7 Å². The van der Waals surface area contributed by atoms with E-state index in [-0.39, 0.29) is 6.61 Å². The van der Waals surface area contributed by atoms with E-state index < -0.39 is 12.1 Å². The first-order valence-corrected chi connectivity index (χ1v) is 5.66. The number of ether oxygens (including phenoxy) is 1. The van der Waals surface area contributed by atoms with Crippen molar-refractivity contribution in [3.05, 3.63) is 28.8 Å². The Morgan fingerprint density at radius 1 is 1.53 bits per heavy atom. The fourth-order valence-electron chi connectivity index (χ4n) is 1.41. The van der Waals surface area contributed by atoms with E-state index in [0.717, 1.165) is 5.69 Å². The van der Waals surface area contributed by atoms with Gasteiger partial charge in [0.2, 0.25) is 0 Å². The van der Waals surface area contributed by atoms with E-state index in [2.05, 4.69) is 0 Å². The Labute approximate surface area is 106 Å². The summed E-state index contributed by atoms with van der Waals surface area (Å²) in [5.74, 6) is -0.666. The number of hydrogen-bond acceptors (Lipinski definition) is 4. The summed E-state index contributed by atoms with van der Waals surface area (Å²) < 4.78 is 4.73. The summed E-state index contributed by atoms with van der Waals surface area (Å²) in [7, 11) is 3.73. The Morgan fingerprint density at radius 2 is 2.18 bits per heavy atom. The minimum Gasteiger partial charge on any atom is -0.464 e. The highest BCUT2D eigenvalue weighted by atomic mass is 35.5. The molecule has 0 aliphatic heterocycles. The van der Waals surface area contributed by atoms with Crippen LogP contribution < -0.4 is 4.90 Å². The van der Waals surface area contributed by atoms with Crippen molar-refractivity contribution in [2.45, 2.75) is 13.0 Å². The second-order valence-corrected chi connectivity index (χ2v) is 4.17. The summed E-state index contributed by atoms with van der Waals surface area (Å²) in [5, 5.41) is 10.2. The molecule has 0 heterocycles. The minimum atomic E-state index is -1.29. The van der Waals surface area contributed by atoms with Crippen LogP contribution in [0.25, 0.3) is 0 Å². The maximum Gasteiger partial charge on any atom is 0.339 e. The molecule has 0 bridgehead atoms. The fraction of sp³-hybridized carbons (Fsp3) is 0.417. The van der Waals surface area contributed by atoms with Crippen LogP contribution in [0, 0.1) is 0 Å². The van der Waals surface area contributed by atoms with Crippen LogP contribution in [0.3, 0.4) is 0 Å². The van der Waals surface area contributed by atoms with Crippen LogP contribution in [-0.4, -0.2) is 31.8 Å². The third kappa shape index (κ3) is 3.35. The Hall–Kier alpha value is -1.26. The van der Waals surface area contributed by atoms with Crippen LogP contribution >= 0.6 is 11.6 Å². The molecule has 0 spiro atoms. The molecule has 1 aromatic rings. The lowest BCUT2D eigenvalue weighted by Crippen LogP contribution is -2.16. The van der Waals surface area contributed by atoms with E-state index in [9.17, 15) is 9.90 Å². The van der Waals surface area contributed by atoms with Crippen molar-refractivity contribution in [2.75, 3.05) is 25.6 Å². The highest BCUT2D eigenvalue weighted by Gasteiger charge is 2.19. The first-order chi connectivity index (χ1) is 7.97. The van der Waals surface area contributed by atoms with Gasteiger partial charge in [-0.3, -0.25) is 0 Å². The summed E-state index contributed by atoms with van der Waals surface area (Å²) in [6.07, 6.45) is -1.29. The lowest BCUT2D eigenvalue weighted by atomic mass is 10.1. The molecule has 0 aromatic heterocycles. The molecule has 1 atom stereocenters. The summed E-state index contributed by atoms with van der Waals surface area (Å²) in [5.41, 5.74) is 1.26. The second-order valence-electron chi connectivity index (χ2n) is 3.76. The molecular formula is C12H16ClNO3. The van der Waals surface area contributed by atoms with Crippen molar-refractivity contribution in [1.29, 1.82) is 0 Å². The van der Waals surface area contributed by atoms with Crippen LogP contribution in [0.2, 0.25) is 5.02 Å². The van der Waals surface area contributed by atoms with E-state index >= 15 is 0 Å². The predicted octanol–water partition coefficient (Wildman–Crippen LogP) is 2.00. The maximum atomic E-state index is 11.3. The molecule has 17 heavy (non-hydrogen) atoms. The first-order valence-electron chi connectivity index (χ1n) is 5.28. The number of halogens is 1. The molecule has 0 saturated carbocycles. The van der Waals surface area contributed by atoms with E-state index in [1.54, 1.807) is 25.1 Å². The van der Waals surface area contributed by atoms with Gasteiger partial charge in [0, 0.05) is 14.1 Å². The van der Waals surface area contributed by atoms with E-state index in [0.29, 0.717) is 10.6 Å². The zero-order valence-corrected chi connectivity index (χ0v) is 10.9. The van der Waals surface area contributed by atoms with Crippen molar-refractivity contribution in [3.8, 4) is 0 Å². The van der Waals surface area contributed by atoms with Gasteiger partial charge in [0.15, 0.2) is 6.10 Å². The van der Waals surface area contributed by atoms with Gasteiger partial charge in [0.1, 0.15) is 0 Å². The average molecular weight is 258 g/mol. The lowest BCUT2D eigenvalue weighted by Gasteiger charge is -2.16. The van der Waals surface area contributed by atoms with Crippen molar-refractivity contribution in [1.82, 2.24) is 0 Å². The number of hydrogen-bond donors (Lipinski definition) is 1. The number of aliphatic hydroxyl groups is 1. The second kappa shape index (κ2) is 5.89. The van der Waals surface area contributed by atoms with E-state index in [1.165, 1.54) is 0 Å². The number of benzene rings is 1. The van der Waals surface area contributed by atoms with Gasteiger partial charge in [-0.05, 0) is 24.6 Å². The van der Waals surface area contributed by atoms with Crippen LogP contribution in [0.1, 0.15) is 18.6 Å². The summed E-state index contributed by atoms with van der Waals surface area (Å²) in [6.45, 7) is 1.92. The molecule has 5 heteroatoms. The largest absolute Gasteiger partial charge is 0.464 e. The van der Waals surface area contributed by atoms with Gasteiger partial charge in [0.05, 0.1) is 17.3 Å². The average Bonchev–Trinajstić information content (AvgIpc) is 2.27. The maximum absolute atomic E-state index is 11.3. The van der Waals surface area contributed by atoms with Crippen molar-refractivity contribution in [2.24, 2.45) is 0 Å². The Morgan fingerprint density at radius 3 is 2.65 bits per heavy atom. The van der Waals surface area contributed by atoms with E-state index in [1.807, 2.05) is 19.0 Å². The highest BCUT2D eigenvalue weighted by molar-refractivity contribution is 6.33. The third-order valence-electron chi connectivity index (χ3n) is 2.28. The third-order valence-corrected chi connectivity index (χ3v) is 2.58. The van der Waals surface area contributed by atoms with Crippen molar-refractivity contribution < 1.29 is 14.6 Å². The lowest BCUT2D eigenvalue weighted by molar-refractivity contribution is -0.153. The van der Waals surface area contributed by atoms with Gasteiger partial charge in [0.25, 0.3) is 0 Å².